The summed E-state index contributed by atoms with van der Waals surface area (Å²) in [5, 5.41) is 13.1. The summed E-state index contributed by atoms with van der Waals surface area (Å²) >= 11 is 0. The van der Waals surface area contributed by atoms with Crippen LogP contribution in [0.4, 0.5) is 0 Å². The van der Waals surface area contributed by atoms with Gasteiger partial charge in [0.25, 0.3) is 5.56 Å². The smallest absolute Gasteiger partial charge is 0.271 e. The third-order valence-corrected chi connectivity index (χ3v) is 8.07. The van der Waals surface area contributed by atoms with Gasteiger partial charge in [-0.3, -0.25) is 9.59 Å². The molecular weight excluding hydrogens is 488 g/mol. The molecule has 1 aliphatic heterocycles. The van der Waals surface area contributed by atoms with Crippen molar-refractivity contribution in [3.63, 3.8) is 0 Å². The van der Waals surface area contributed by atoms with Crippen molar-refractivity contribution < 1.29 is 4.79 Å². The van der Waals surface area contributed by atoms with E-state index in [1.165, 1.54) is 0 Å². The van der Waals surface area contributed by atoms with Crippen LogP contribution in [0.25, 0.3) is 33.7 Å². The molecule has 8 nitrogen and oxygen atoms in total. The fourth-order valence-electron chi connectivity index (χ4n) is 5.90. The average Bonchev–Trinajstić information content (AvgIpc) is 3.38. The van der Waals surface area contributed by atoms with Crippen molar-refractivity contribution in [3.8, 4) is 22.5 Å². The van der Waals surface area contributed by atoms with E-state index in [2.05, 4.69) is 5.32 Å². The maximum atomic E-state index is 13.3. The van der Waals surface area contributed by atoms with Crippen molar-refractivity contribution in [2.75, 3.05) is 20.1 Å². The molecule has 200 valence electrons. The lowest BCUT2D eigenvalue weighted by molar-refractivity contribution is -0.131. The fourth-order valence-corrected chi connectivity index (χ4v) is 5.90. The number of piperidine rings is 1. The van der Waals surface area contributed by atoms with Gasteiger partial charge in [0.15, 0.2) is 0 Å². The minimum atomic E-state index is -0.173. The van der Waals surface area contributed by atoms with E-state index in [0.29, 0.717) is 18.2 Å². The minimum absolute atomic E-state index is 0.150. The summed E-state index contributed by atoms with van der Waals surface area (Å²) in [6.07, 6.45) is 7.78. The van der Waals surface area contributed by atoms with Crippen LogP contribution in [0.3, 0.4) is 0 Å². The molecule has 0 unspecified atom stereocenters. The molecule has 39 heavy (non-hydrogen) atoms. The van der Waals surface area contributed by atoms with Crippen LogP contribution in [0.1, 0.15) is 44.9 Å². The van der Waals surface area contributed by atoms with E-state index in [1.807, 2.05) is 71.2 Å². The molecule has 4 heterocycles. The van der Waals surface area contributed by atoms with Gasteiger partial charge in [0, 0.05) is 49.1 Å². The van der Waals surface area contributed by atoms with Gasteiger partial charge in [-0.15, -0.1) is 0 Å². The van der Waals surface area contributed by atoms with Crippen LogP contribution >= 0.6 is 0 Å². The van der Waals surface area contributed by atoms with Crippen LogP contribution in [0.5, 0.6) is 0 Å². The number of aromatic nitrogens is 4. The van der Waals surface area contributed by atoms with Gasteiger partial charge in [0.1, 0.15) is 5.69 Å². The summed E-state index contributed by atoms with van der Waals surface area (Å²) in [6.45, 7) is 1.55. The largest absolute Gasteiger partial charge is 0.342 e. The van der Waals surface area contributed by atoms with E-state index in [1.54, 1.807) is 16.8 Å². The molecule has 0 bridgehead atoms. The number of fused-ring (bicyclic) bond motifs is 1. The number of allylic oxidation sites excluding steroid dienone is 1. The topological polar surface area (TPSA) is 84.5 Å². The average molecular weight is 523 g/mol. The van der Waals surface area contributed by atoms with Crippen LogP contribution in [-0.2, 0) is 4.79 Å². The van der Waals surface area contributed by atoms with Gasteiger partial charge in [-0.1, -0.05) is 36.4 Å². The van der Waals surface area contributed by atoms with Crippen LogP contribution in [0.15, 0.2) is 77.2 Å². The van der Waals surface area contributed by atoms with Crippen LogP contribution < -0.4 is 10.9 Å². The van der Waals surface area contributed by atoms with Gasteiger partial charge in [0.2, 0.25) is 5.91 Å². The van der Waals surface area contributed by atoms with Gasteiger partial charge in [-0.05, 0) is 69.3 Å². The first-order valence-electron chi connectivity index (χ1n) is 13.9. The Morgan fingerprint density at radius 2 is 1.72 bits per heavy atom. The molecule has 6 rings (SSSR count). The monoisotopic (exact) mass is 522 g/mol. The molecule has 1 aromatic carbocycles. The summed E-state index contributed by atoms with van der Waals surface area (Å²) in [7, 11) is 1.98. The van der Waals surface area contributed by atoms with E-state index in [4.69, 9.17) is 10.2 Å². The normalized spacial score (nSPS) is 16.7. The first-order valence-corrected chi connectivity index (χ1v) is 13.9. The molecule has 0 saturated carbocycles. The van der Waals surface area contributed by atoms with Gasteiger partial charge in [0.05, 0.1) is 16.8 Å². The highest BCUT2D eigenvalue weighted by Gasteiger charge is 2.26. The molecule has 2 aliphatic rings. The predicted octanol–water partition coefficient (Wildman–Crippen LogP) is 4.61. The highest BCUT2D eigenvalue weighted by molar-refractivity contribution is 5.90. The number of carbonyl (C=O) groups is 1. The number of nitrogens with one attached hydrogen (secondary N) is 1. The van der Waals surface area contributed by atoms with Gasteiger partial charge >= 0.3 is 0 Å². The first-order chi connectivity index (χ1) is 19.1. The summed E-state index contributed by atoms with van der Waals surface area (Å²) in [5.74, 6) is 0.150. The maximum Gasteiger partial charge on any atom is 0.271 e. The summed E-state index contributed by atoms with van der Waals surface area (Å²) in [6, 6.07) is 19.9. The fraction of sp³-hybridized carbons (Fsp3) is 0.355. The molecule has 8 heteroatoms. The third-order valence-electron chi connectivity index (χ3n) is 8.07. The Morgan fingerprint density at radius 1 is 0.949 bits per heavy atom. The number of benzene rings is 1. The van der Waals surface area contributed by atoms with Crippen molar-refractivity contribution in [1.82, 2.24) is 29.6 Å². The zero-order chi connectivity index (χ0) is 26.8. The number of rotatable bonds is 6. The molecule has 0 atom stereocenters. The first kappa shape index (κ1) is 25.2. The Bertz CT molecular complexity index is 1580. The molecule has 0 spiro atoms. The van der Waals surface area contributed by atoms with E-state index in [0.717, 1.165) is 85.2 Å². The number of nitrogens with zero attached hydrogens (tertiary/aromatic N) is 5. The zero-order valence-electron chi connectivity index (χ0n) is 22.3. The predicted molar refractivity (Wildman–Crippen MR) is 153 cm³/mol. The molecule has 1 amide bonds. The van der Waals surface area contributed by atoms with Crippen molar-refractivity contribution in [3.05, 3.63) is 82.8 Å². The molecule has 1 N–H and O–H groups in total. The lowest BCUT2D eigenvalue weighted by Crippen LogP contribution is -2.44. The molecule has 1 fully saturated rings. The van der Waals surface area contributed by atoms with Crippen molar-refractivity contribution in [2.24, 2.45) is 0 Å². The lowest BCUT2D eigenvalue weighted by atomic mass is 9.93. The van der Waals surface area contributed by atoms with Crippen LogP contribution in [-0.4, -0.2) is 56.4 Å². The molecular formula is C31H34N6O2. The number of carbonyl (C=O) groups excluding carboxylic acids is 1. The second-order valence-electron chi connectivity index (χ2n) is 10.5. The number of pyridine rings is 1. The summed E-state index contributed by atoms with van der Waals surface area (Å²) < 4.78 is 3.40. The summed E-state index contributed by atoms with van der Waals surface area (Å²) in [5.41, 5.74) is 6.05. The third kappa shape index (κ3) is 5.04. The molecule has 0 radical (unpaired) electrons. The van der Waals surface area contributed by atoms with E-state index in [9.17, 15) is 9.59 Å². The molecule has 4 aromatic rings. The van der Waals surface area contributed by atoms with Crippen LogP contribution in [0.2, 0.25) is 0 Å². The Labute approximate surface area is 228 Å². The number of likely N-dealkylation sites (tertiary alicyclic amines) is 1. The Balaban J connectivity index is 1.39. The second-order valence-corrected chi connectivity index (χ2v) is 10.5. The lowest BCUT2D eigenvalue weighted by Gasteiger charge is -2.32. The van der Waals surface area contributed by atoms with Gasteiger partial charge in [-0.2, -0.15) is 10.2 Å². The quantitative estimate of drug-likeness (QED) is 0.400. The Morgan fingerprint density at radius 3 is 2.51 bits per heavy atom. The highest BCUT2D eigenvalue weighted by atomic mass is 16.2. The van der Waals surface area contributed by atoms with E-state index >= 15 is 0 Å². The molecule has 1 aliphatic carbocycles. The van der Waals surface area contributed by atoms with Crippen molar-refractivity contribution >= 4 is 17.1 Å². The van der Waals surface area contributed by atoms with E-state index < -0.39 is 0 Å². The summed E-state index contributed by atoms with van der Waals surface area (Å²) in [4.78, 5) is 28.5. The van der Waals surface area contributed by atoms with Gasteiger partial charge < -0.3 is 10.2 Å². The molecule has 3 aromatic heterocycles. The van der Waals surface area contributed by atoms with Gasteiger partial charge in [-0.25, -0.2) is 9.20 Å². The minimum Gasteiger partial charge on any atom is -0.342 e. The van der Waals surface area contributed by atoms with Crippen molar-refractivity contribution in [2.45, 2.75) is 51.0 Å². The van der Waals surface area contributed by atoms with E-state index in [-0.39, 0.29) is 11.5 Å². The maximum absolute atomic E-state index is 13.3. The Kier molecular flexibility index (Phi) is 7.11. The molecule has 1 saturated heterocycles. The SMILES string of the molecule is CNC1CCN(C(=O)CC2=C(n3nc(-c4c(-c5ccccc5)nn5ccccc45)ccc3=O)CCCC2)CC1. The highest BCUT2D eigenvalue weighted by Crippen LogP contribution is 2.35. The van der Waals surface area contributed by atoms with Crippen molar-refractivity contribution in [1.29, 1.82) is 0 Å². The number of amides is 1. The standard InChI is InChI=1S/C31H34N6O2/c1-32-24-16-19-35(20-17-24)29(39)21-23-11-5-6-12-26(23)37-28(38)15-14-25(33-37)30-27-13-7-8-18-36(27)34-31(30)22-9-3-2-4-10-22/h2-4,7-10,13-15,18,24,32H,5-6,11-12,16-17,19-21H2,1H3. The second kappa shape index (κ2) is 11.0. The number of hydrogen-bond acceptors (Lipinski definition) is 5. The zero-order valence-corrected chi connectivity index (χ0v) is 22.3. The Hall–Kier alpha value is -4.04. The van der Waals surface area contributed by atoms with Crippen LogP contribution in [0, 0.1) is 0 Å². The number of hydrogen-bond donors (Lipinski definition) is 1.